The lowest BCUT2D eigenvalue weighted by molar-refractivity contribution is 0.0697. The fourth-order valence-corrected chi connectivity index (χ4v) is 5.54. The molecule has 0 aliphatic heterocycles. The molecule has 8 nitrogen and oxygen atoms in total. The maximum atomic E-state index is 13.9. The Labute approximate surface area is 204 Å². The lowest BCUT2D eigenvalue weighted by Gasteiger charge is -2.27. The minimum Gasteiger partial charge on any atom is -0.497 e. The molecule has 2 aromatic carbocycles. The van der Waals surface area contributed by atoms with Crippen molar-refractivity contribution in [2.45, 2.75) is 11.4 Å². The van der Waals surface area contributed by atoms with Gasteiger partial charge in [0.25, 0.3) is 10.0 Å². The Kier molecular flexibility index (Phi) is 6.47. The van der Waals surface area contributed by atoms with E-state index >= 15 is 0 Å². The number of hydrogen-bond donors (Lipinski definition) is 1. The summed E-state index contributed by atoms with van der Waals surface area (Å²) in [7, 11) is -2.69. The second-order valence-electron chi connectivity index (χ2n) is 7.01. The summed E-state index contributed by atoms with van der Waals surface area (Å²) in [5.74, 6) is -0.776. The molecule has 0 fully saturated rings. The molecule has 0 saturated heterocycles. The van der Waals surface area contributed by atoms with Crippen LogP contribution in [0.1, 0.15) is 15.9 Å². The monoisotopic (exact) mass is 575 g/mol. The van der Waals surface area contributed by atoms with Gasteiger partial charge in [0.05, 0.1) is 29.8 Å². The molecular weight excluding hydrogens is 557 g/mol. The van der Waals surface area contributed by atoms with Gasteiger partial charge in [-0.25, -0.2) is 13.2 Å². The van der Waals surface area contributed by atoms with Gasteiger partial charge in [-0.05, 0) is 64.6 Å². The molecule has 4 rings (SSSR count). The first-order chi connectivity index (χ1) is 15.8. The molecule has 0 aliphatic rings. The number of methoxy groups -OCH3 is 1. The summed E-state index contributed by atoms with van der Waals surface area (Å²) < 4.78 is 34.8. The predicted molar refractivity (Wildman–Crippen MR) is 132 cm³/mol. The average Bonchev–Trinajstić information content (AvgIpc) is 2.83. The number of carboxylic acids is 1. The van der Waals surface area contributed by atoms with Crippen molar-refractivity contribution in [1.82, 2.24) is 9.97 Å². The molecule has 4 aromatic rings. The quantitative estimate of drug-likeness (QED) is 0.327. The van der Waals surface area contributed by atoms with Gasteiger partial charge < -0.3 is 9.84 Å². The third-order valence-electron chi connectivity index (χ3n) is 5.00. The molecule has 10 heteroatoms. The lowest BCUT2D eigenvalue weighted by Crippen LogP contribution is -2.32. The van der Waals surface area contributed by atoms with Crippen LogP contribution in [0, 0.1) is 3.57 Å². The molecule has 2 heterocycles. The number of pyridine rings is 2. The molecule has 1 N–H and O–H groups in total. The topological polar surface area (TPSA) is 110 Å². The van der Waals surface area contributed by atoms with Gasteiger partial charge in [0.1, 0.15) is 11.3 Å². The van der Waals surface area contributed by atoms with E-state index in [0.29, 0.717) is 22.2 Å². The average molecular weight is 575 g/mol. The molecular formula is C23H18IN3O5S. The van der Waals surface area contributed by atoms with Crippen molar-refractivity contribution in [2.24, 2.45) is 0 Å². The second-order valence-corrected chi connectivity index (χ2v) is 10.0. The molecule has 0 atom stereocenters. The Morgan fingerprint density at radius 1 is 1.09 bits per heavy atom. The standard InChI is InChI=1S/C23H18IN3O5S/c1-32-16-7-9-17(10-8-16)33(30,31)27(14-15-4-3-11-25-12-15)22-18-5-2-6-20(24)21(18)26-13-19(22)23(28)29/h2-13H,14H2,1H3,(H,28,29). The zero-order valence-electron chi connectivity index (χ0n) is 17.3. The SMILES string of the molecule is COc1ccc(S(=O)(=O)N(Cc2cccnc2)c2c(C(=O)O)cnc3c(I)cccc23)cc1. The van der Waals surface area contributed by atoms with Crippen LogP contribution in [-0.4, -0.2) is 36.6 Å². The summed E-state index contributed by atoms with van der Waals surface area (Å²) in [4.78, 5) is 20.5. The maximum absolute atomic E-state index is 13.9. The molecule has 0 amide bonds. The summed E-state index contributed by atoms with van der Waals surface area (Å²) in [6.45, 7) is -0.118. The molecule has 168 valence electrons. The summed E-state index contributed by atoms with van der Waals surface area (Å²) in [5.41, 5.74) is 0.942. The fraction of sp³-hybridized carbons (Fsp3) is 0.0870. The molecule has 2 aromatic heterocycles. The van der Waals surface area contributed by atoms with Crippen molar-refractivity contribution in [3.8, 4) is 5.75 Å². The Morgan fingerprint density at radius 2 is 1.85 bits per heavy atom. The van der Waals surface area contributed by atoms with E-state index in [0.717, 1.165) is 7.88 Å². The van der Waals surface area contributed by atoms with Crippen LogP contribution in [0.4, 0.5) is 5.69 Å². The summed E-state index contributed by atoms with van der Waals surface area (Å²) in [5, 5.41) is 10.3. The number of carbonyl (C=O) groups is 1. The van der Waals surface area contributed by atoms with Gasteiger partial charge in [-0.2, -0.15) is 0 Å². The van der Waals surface area contributed by atoms with Crippen LogP contribution in [0.3, 0.4) is 0 Å². The van der Waals surface area contributed by atoms with Crippen molar-refractivity contribution >= 4 is 55.2 Å². The van der Waals surface area contributed by atoms with Crippen molar-refractivity contribution < 1.29 is 23.1 Å². The van der Waals surface area contributed by atoms with Gasteiger partial charge >= 0.3 is 5.97 Å². The van der Waals surface area contributed by atoms with E-state index in [1.165, 1.54) is 25.4 Å². The summed E-state index contributed by atoms with van der Waals surface area (Å²) >= 11 is 2.09. The number of ether oxygens (including phenoxy) is 1. The van der Waals surface area contributed by atoms with Crippen molar-refractivity contribution in [2.75, 3.05) is 11.4 Å². The van der Waals surface area contributed by atoms with E-state index in [2.05, 4.69) is 32.6 Å². The first-order valence-corrected chi connectivity index (χ1v) is 12.2. The first kappa shape index (κ1) is 22.9. The molecule has 0 aliphatic carbocycles. The highest BCUT2D eigenvalue weighted by atomic mass is 127. The molecule has 0 radical (unpaired) electrons. The number of fused-ring (bicyclic) bond motifs is 1. The molecule has 0 saturated carbocycles. The molecule has 0 unspecified atom stereocenters. The van der Waals surface area contributed by atoms with Crippen molar-refractivity contribution in [3.63, 3.8) is 0 Å². The Bertz CT molecular complexity index is 1430. The van der Waals surface area contributed by atoms with E-state index < -0.39 is 16.0 Å². The van der Waals surface area contributed by atoms with Gasteiger partial charge in [0, 0.05) is 27.5 Å². The number of halogens is 1. The number of aromatic carboxylic acids is 1. The highest BCUT2D eigenvalue weighted by molar-refractivity contribution is 14.1. The third kappa shape index (κ3) is 4.48. The number of nitrogens with zero attached hydrogens (tertiary/aromatic N) is 3. The highest BCUT2D eigenvalue weighted by Crippen LogP contribution is 2.36. The molecule has 33 heavy (non-hydrogen) atoms. The minimum absolute atomic E-state index is 0.000815. The van der Waals surface area contributed by atoms with E-state index in [9.17, 15) is 18.3 Å². The van der Waals surface area contributed by atoms with Gasteiger partial charge in [0.15, 0.2) is 0 Å². The largest absolute Gasteiger partial charge is 0.497 e. The number of rotatable bonds is 7. The second kappa shape index (κ2) is 9.32. The van der Waals surface area contributed by atoms with Crippen LogP contribution < -0.4 is 9.04 Å². The number of aromatic nitrogens is 2. The van der Waals surface area contributed by atoms with E-state index in [1.807, 2.05) is 6.07 Å². The van der Waals surface area contributed by atoms with Crippen LogP contribution in [0.25, 0.3) is 10.9 Å². The number of anilines is 1. The van der Waals surface area contributed by atoms with Crippen LogP contribution in [0.2, 0.25) is 0 Å². The number of benzene rings is 2. The predicted octanol–water partition coefficient (Wildman–Crippen LogP) is 4.34. The van der Waals surface area contributed by atoms with Gasteiger partial charge in [-0.1, -0.05) is 18.2 Å². The van der Waals surface area contributed by atoms with Gasteiger partial charge in [-0.3, -0.25) is 14.3 Å². The van der Waals surface area contributed by atoms with E-state index in [-0.39, 0.29) is 22.7 Å². The van der Waals surface area contributed by atoms with Crippen LogP contribution in [0.15, 0.2) is 78.1 Å². The highest BCUT2D eigenvalue weighted by Gasteiger charge is 2.31. The smallest absolute Gasteiger partial charge is 0.339 e. The first-order valence-electron chi connectivity index (χ1n) is 9.69. The number of hydrogen-bond acceptors (Lipinski definition) is 6. The van der Waals surface area contributed by atoms with Crippen molar-refractivity contribution in [3.05, 3.63) is 87.9 Å². The third-order valence-corrected chi connectivity index (χ3v) is 7.63. The molecule has 0 bridgehead atoms. The fourth-order valence-electron chi connectivity index (χ4n) is 3.41. The van der Waals surface area contributed by atoms with E-state index in [1.54, 1.807) is 48.8 Å². The normalized spacial score (nSPS) is 11.3. The minimum atomic E-state index is -4.18. The van der Waals surface area contributed by atoms with Crippen LogP contribution in [-0.2, 0) is 16.6 Å². The number of sulfonamides is 1. The van der Waals surface area contributed by atoms with Crippen molar-refractivity contribution in [1.29, 1.82) is 0 Å². The number of para-hydroxylation sites is 1. The Balaban J connectivity index is 2.01. The molecule has 0 spiro atoms. The Hall–Kier alpha value is -3.25. The zero-order valence-corrected chi connectivity index (χ0v) is 20.3. The lowest BCUT2D eigenvalue weighted by atomic mass is 10.1. The maximum Gasteiger partial charge on any atom is 0.339 e. The summed E-state index contributed by atoms with van der Waals surface area (Å²) in [6, 6.07) is 14.6. The summed E-state index contributed by atoms with van der Waals surface area (Å²) in [6.07, 6.45) is 4.32. The van der Waals surface area contributed by atoms with Gasteiger partial charge in [-0.15, -0.1) is 0 Å². The van der Waals surface area contributed by atoms with Crippen LogP contribution >= 0.6 is 22.6 Å². The number of carboxylic acid groups (broad SMARTS) is 1. The van der Waals surface area contributed by atoms with E-state index in [4.69, 9.17) is 4.74 Å². The zero-order chi connectivity index (χ0) is 23.6. The van der Waals surface area contributed by atoms with Gasteiger partial charge in [0.2, 0.25) is 0 Å². The van der Waals surface area contributed by atoms with Crippen LogP contribution in [0.5, 0.6) is 5.75 Å². The Morgan fingerprint density at radius 3 is 2.48 bits per heavy atom.